The van der Waals surface area contributed by atoms with Gasteiger partial charge in [-0.05, 0) is 46.7 Å². The van der Waals surface area contributed by atoms with Crippen LogP contribution in [0.3, 0.4) is 0 Å². The van der Waals surface area contributed by atoms with Gasteiger partial charge in [-0.1, -0.05) is 52.3 Å². The van der Waals surface area contributed by atoms with E-state index in [1.54, 1.807) is 0 Å². The molecule has 0 fully saturated rings. The molecule has 1 heterocycles. The van der Waals surface area contributed by atoms with Gasteiger partial charge in [-0.15, -0.1) is 0 Å². The highest BCUT2D eigenvalue weighted by Gasteiger charge is 2.10. The molecule has 0 spiro atoms. The topological polar surface area (TPSA) is 13.1 Å². The van der Waals surface area contributed by atoms with Gasteiger partial charge < -0.3 is 4.42 Å². The maximum atomic E-state index is 5.87. The zero-order valence-corrected chi connectivity index (χ0v) is 12.5. The van der Waals surface area contributed by atoms with Crippen LogP contribution in [-0.4, -0.2) is 0 Å². The standard InChI is InChI=1S/C18H13BrO/c19-14-8-5-12(6-9-14)13-7-10-18-16(11-13)15-3-1-2-4-17(15)20-18/h1-5,7-8,10-11H,6,9H2. The zero-order chi connectivity index (χ0) is 13.5. The summed E-state index contributed by atoms with van der Waals surface area (Å²) in [6, 6.07) is 14.7. The smallest absolute Gasteiger partial charge is 0.135 e. The Balaban J connectivity index is 1.92. The summed E-state index contributed by atoms with van der Waals surface area (Å²) in [7, 11) is 0. The van der Waals surface area contributed by atoms with Crippen LogP contribution in [0.1, 0.15) is 18.4 Å². The van der Waals surface area contributed by atoms with Crippen molar-refractivity contribution >= 4 is 43.4 Å². The van der Waals surface area contributed by atoms with Crippen LogP contribution < -0.4 is 0 Å². The van der Waals surface area contributed by atoms with Crippen molar-refractivity contribution < 1.29 is 4.42 Å². The largest absolute Gasteiger partial charge is 0.456 e. The molecule has 3 aromatic rings. The van der Waals surface area contributed by atoms with Crippen molar-refractivity contribution in [1.82, 2.24) is 0 Å². The molecule has 1 nitrogen and oxygen atoms in total. The van der Waals surface area contributed by atoms with Gasteiger partial charge in [-0.25, -0.2) is 0 Å². The van der Waals surface area contributed by atoms with Crippen LogP contribution in [0.25, 0.3) is 27.5 Å². The fourth-order valence-electron chi connectivity index (χ4n) is 2.78. The zero-order valence-electron chi connectivity index (χ0n) is 10.9. The summed E-state index contributed by atoms with van der Waals surface area (Å²) < 4.78 is 7.15. The quantitative estimate of drug-likeness (QED) is 0.531. The minimum absolute atomic E-state index is 0.958. The van der Waals surface area contributed by atoms with E-state index in [9.17, 15) is 0 Å². The van der Waals surface area contributed by atoms with Crippen LogP contribution in [0.15, 0.2) is 63.5 Å². The van der Waals surface area contributed by atoms with Crippen LogP contribution in [-0.2, 0) is 0 Å². The fourth-order valence-corrected chi connectivity index (χ4v) is 3.11. The molecule has 0 N–H and O–H groups in total. The summed E-state index contributed by atoms with van der Waals surface area (Å²) in [5, 5.41) is 2.39. The molecule has 0 radical (unpaired) electrons. The minimum atomic E-state index is 0.958. The number of allylic oxidation sites excluding steroid dienone is 4. The Morgan fingerprint density at radius 3 is 2.55 bits per heavy atom. The second kappa shape index (κ2) is 4.64. The minimum Gasteiger partial charge on any atom is -0.456 e. The molecule has 0 saturated carbocycles. The summed E-state index contributed by atoms with van der Waals surface area (Å²) in [6.45, 7) is 0. The SMILES string of the molecule is BrC1=CC=C(c2ccc3oc4ccccc4c3c2)CC1. The highest BCUT2D eigenvalue weighted by molar-refractivity contribution is 9.11. The third kappa shape index (κ3) is 1.92. The van der Waals surface area contributed by atoms with Gasteiger partial charge in [0.25, 0.3) is 0 Å². The first kappa shape index (κ1) is 12.0. The van der Waals surface area contributed by atoms with Gasteiger partial charge >= 0.3 is 0 Å². The molecule has 2 heteroatoms. The van der Waals surface area contributed by atoms with Crippen LogP contribution in [0, 0.1) is 0 Å². The molecular weight excluding hydrogens is 312 g/mol. The predicted molar refractivity (Wildman–Crippen MR) is 87.9 cm³/mol. The maximum Gasteiger partial charge on any atom is 0.135 e. The highest BCUT2D eigenvalue weighted by atomic mass is 79.9. The lowest BCUT2D eigenvalue weighted by Crippen LogP contribution is -1.89. The normalized spacial score (nSPS) is 15.4. The number of fused-ring (bicyclic) bond motifs is 3. The molecule has 0 atom stereocenters. The number of hydrogen-bond acceptors (Lipinski definition) is 1. The van der Waals surface area contributed by atoms with E-state index in [1.165, 1.54) is 26.4 Å². The molecule has 2 aromatic carbocycles. The van der Waals surface area contributed by atoms with Crippen LogP contribution >= 0.6 is 15.9 Å². The van der Waals surface area contributed by atoms with Gasteiger partial charge in [0.1, 0.15) is 11.2 Å². The van der Waals surface area contributed by atoms with Gasteiger partial charge in [0.05, 0.1) is 0 Å². The molecule has 1 aliphatic carbocycles. The summed E-state index contributed by atoms with van der Waals surface area (Å²) in [5.41, 5.74) is 4.60. The first-order valence-corrected chi connectivity index (χ1v) is 7.57. The lowest BCUT2D eigenvalue weighted by Gasteiger charge is -2.11. The third-order valence-electron chi connectivity index (χ3n) is 3.85. The van der Waals surface area contributed by atoms with Gasteiger partial charge in [-0.3, -0.25) is 0 Å². The van der Waals surface area contributed by atoms with E-state index in [1.807, 2.05) is 12.1 Å². The van der Waals surface area contributed by atoms with Gasteiger partial charge in [0, 0.05) is 10.8 Å². The van der Waals surface area contributed by atoms with Gasteiger partial charge in [-0.2, -0.15) is 0 Å². The fraction of sp³-hybridized carbons (Fsp3) is 0.111. The number of benzene rings is 2. The molecule has 0 bridgehead atoms. The molecular formula is C18H13BrO. The molecule has 0 amide bonds. The average molecular weight is 325 g/mol. The Kier molecular flexibility index (Phi) is 2.78. The third-order valence-corrected chi connectivity index (χ3v) is 4.51. The van der Waals surface area contributed by atoms with E-state index >= 15 is 0 Å². The molecule has 20 heavy (non-hydrogen) atoms. The number of rotatable bonds is 1. The summed E-state index contributed by atoms with van der Waals surface area (Å²) in [5.74, 6) is 0. The Labute approximate surface area is 125 Å². The molecule has 4 rings (SSSR count). The maximum absolute atomic E-state index is 5.87. The van der Waals surface area contributed by atoms with Crippen molar-refractivity contribution in [2.24, 2.45) is 0 Å². The first-order valence-electron chi connectivity index (χ1n) is 6.78. The van der Waals surface area contributed by atoms with Crippen molar-refractivity contribution in [2.75, 3.05) is 0 Å². The number of furan rings is 1. The molecule has 98 valence electrons. The summed E-state index contributed by atoms with van der Waals surface area (Å²) in [6.07, 6.45) is 6.52. The molecule has 1 aromatic heterocycles. The van der Waals surface area contributed by atoms with Crippen LogP contribution in [0.2, 0.25) is 0 Å². The van der Waals surface area contributed by atoms with Crippen molar-refractivity contribution in [2.45, 2.75) is 12.8 Å². The van der Waals surface area contributed by atoms with Crippen molar-refractivity contribution in [1.29, 1.82) is 0 Å². The van der Waals surface area contributed by atoms with E-state index < -0.39 is 0 Å². The van der Waals surface area contributed by atoms with E-state index in [0.717, 1.165) is 24.0 Å². The molecule has 0 saturated heterocycles. The lowest BCUT2D eigenvalue weighted by molar-refractivity contribution is 0.669. The Morgan fingerprint density at radius 1 is 0.850 bits per heavy atom. The van der Waals surface area contributed by atoms with Gasteiger partial charge in [0.15, 0.2) is 0 Å². The second-order valence-electron chi connectivity index (χ2n) is 5.11. The second-order valence-corrected chi connectivity index (χ2v) is 6.13. The number of para-hydroxylation sites is 1. The van der Waals surface area contributed by atoms with Gasteiger partial charge in [0.2, 0.25) is 0 Å². The van der Waals surface area contributed by atoms with Crippen molar-refractivity contribution in [3.8, 4) is 0 Å². The van der Waals surface area contributed by atoms with E-state index in [2.05, 4.69) is 58.4 Å². The Bertz CT molecular complexity index is 867. The monoisotopic (exact) mass is 324 g/mol. The number of halogens is 1. The highest BCUT2D eigenvalue weighted by Crippen LogP contribution is 2.34. The molecule has 0 aliphatic heterocycles. The first-order chi connectivity index (χ1) is 9.81. The van der Waals surface area contributed by atoms with Crippen molar-refractivity contribution in [3.05, 3.63) is 64.7 Å². The van der Waals surface area contributed by atoms with Crippen molar-refractivity contribution in [3.63, 3.8) is 0 Å². The summed E-state index contributed by atoms with van der Waals surface area (Å²) >= 11 is 3.56. The summed E-state index contributed by atoms with van der Waals surface area (Å²) in [4.78, 5) is 0. The average Bonchev–Trinajstić information content (AvgIpc) is 2.86. The van der Waals surface area contributed by atoms with Crippen LogP contribution in [0.5, 0.6) is 0 Å². The Hall–Kier alpha value is -1.80. The van der Waals surface area contributed by atoms with E-state index in [-0.39, 0.29) is 0 Å². The molecule has 1 aliphatic rings. The van der Waals surface area contributed by atoms with E-state index in [0.29, 0.717) is 0 Å². The predicted octanol–water partition coefficient (Wildman–Crippen LogP) is 6.04. The van der Waals surface area contributed by atoms with E-state index in [4.69, 9.17) is 4.42 Å². The lowest BCUT2D eigenvalue weighted by atomic mass is 9.96. The number of hydrogen-bond donors (Lipinski definition) is 0. The molecule has 0 unspecified atom stereocenters. The van der Waals surface area contributed by atoms with Crippen LogP contribution in [0.4, 0.5) is 0 Å². The Morgan fingerprint density at radius 2 is 1.70 bits per heavy atom.